The number of nitrogens with zero attached hydrogens (tertiary/aromatic N) is 2. The minimum Gasteiger partial charge on any atom is -0.497 e. The van der Waals surface area contributed by atoms with Crippen LogP contribution < -0.4 is 14.8 Å². The van der Waals surface area contributed by atoms with E-state index in [-0.39, 0.29) is 11.7 Å². The van der Waals surface area contributed by atoms with E-state index in [2.05, 4.69) is 15.1 Å². The molecule has 1 aliphatic heterocycles. The van der Waals surface area contributed by atoms with Crippen LogP contribution in [0.1, 0.15) is 5.56 Å². The summed E-state index contributed by atoms with van der Waals surface area (Å²) in [5, 5.41) is 2.90. The van der Waals surface area contributed by atoms with Gasteiger partial charge in [0.05, 0.1) is 26.5 Å². The summed E-state index contributed by atoms with van der Waals surface area (Å²) in [4.78, 5) is 16.8. The maximum Gasteiger partial charge on any atom is 0.238 e. The van der Waals surface area contributed by atoms with E-state index in [4.69, 9.17) is 9.47 Å². The monoisotopic (exact) mass is 387 g/mol. The SMILES string of the molecule is COc1ccc(NC(=O)CN2CCN(Cc3cccc(F)c3)CC2)c(OC)c1. The van der Waals surface area contributed by atoms with Crippen molar-refractivity contribution in [3.8, 4) is 11.5 Å². The third-order valence-electron chi connectivity index (χ3n) is 4.81. The molecule has 0 unspecified atom stereocenters. The lowest BCUT2D eigenvalue weighted by Gasteiger charge is -2.34. The third kappa shape index (κ3) is 5.43. The number of rotatable bonds is 7. The second-order valence-corrected chi connectivity index (χ2v) is 6.80. The molecule has 2 aromatic carbocycles. The van der Waals surface area contributed by atoms with Gasteiger partial charge in [-0.3, -0.25) is 14.6 Å². The number of ether oxygens (including phenoxy) is 2. The summed E-state index contributed by atoms with van der Waals surface area (Å²) in [7, 11) is 3.14. The van der Waals surface area contributed by atoms with Gasteiger partial charge in [0.2, 0.25) is 5.91 Å². The van der Waals surface area contributed by atoms with Crippen molar-refractivity contribution in [2.75, 3.05) is 52.3 Å². The van der Waals surface area contributed by atoms with Gasteiger partial charge in [-0.15, -0.1) is 0 Å². The third-order valence-corrected chi connectivity index (χ3v) is 4.81. The second-order valence-electron chi connectivity index (χ2n) is 6.80. The van der Waals surface area contributed by atoms with Gasteiger partial charge in [-0.05, 0) is 29.8 Å². The molecule has 1 aliphatic rings. The Bertz CT molecular complexity index is 807. The zero-order valence-corrected chi connectivity index (χ0v) is 16.3. The highest BCUT2D eigenvalue weighted by Gasteiger charge is 2.20. The van der Waals surface area contributed by atoms with Crippen molar-refractivity contribution in [3.63, 3.8) is 0 Å². The molecule has 6 nitrogen and oxygen atoms in total. The molecule has 28 heavy (non-hydrogen) atoms. The highest BCUT2D eigenvalue weighted by molar-refractivity contribution is 5.93. The normalized spacial score (nSPS) is 15.2. The standard InChI is InChI=1S/C21H26FN3O3/c1-27-18-6-7-19(20(13-18)28-2)23-21(26)15-25-10-8-24(9-11-25)14-16-4-3-5-17(22)12-16/h3-7,12-13H,8-11,14-15H2,1-2H3,(H,23,26). The Kier molecular flexibility index (Phi) is 6.84. The summed E-state index contributed by atoms with van der Waals surface area (Å²) in [5.41, 5.74) is 1.59. The largest absolute Gasteiger partial charge is 0.497 e. The quantitative estimate of drug-likeness (QED) is 0.792. The topological polar surface area (TPSA) is 54.0 Å². The smallest absolute Gasteiger partial charge is 0.238 e. The van der Waals surface area contributed by atoms with Gasteiger partial charge in [-0.2, -0.15) is 0 Å². The summed E-state index contributed by atoms with van der Waals surface area (Å²) in [6.07, 6.45) is 0. The van der Waals surface area contributed by atoms with Crippen LogP contribution in [0.25, 0.3) is 0 Å². The van der Waals surface area contributed by atoms with E-state index >= 15 is 0 Å². The Morgan fingerprint density at radius 3 is 2.46 bits per heavy atom. The van der Waals surface area contributed by atoms with E-state index < -0.39 is 0 Å². The van der Waals surface area contributed by atoms with Crippen LogP contribution in [-0.4, -0.2) is 62.7 Å². The molecule has 0 bridgehead atoms. The van der Waals surface area contributed by atoms with Gasteiger partial charge in [0.1, 0.15) is 17.3 Å². The number of anilines is 1. The fraction of sp³-hybridized carbons (Fsp3) is 0.381. The Labute approximate surface area is 164 Å². The highest BCUT2D eigenvalue weighted by Crippen LogP contribution is 2.28. The van der Waals surface area contributed by atoms with Crippen LogP contribution >= 0.6 is 0 Å². The molecular formula is C21H26FN3O3. The number of benzene rings is 2. The summed E-state index contributed by atoms with van der Waals surface area (Å²) < 4.78 is 23.8. The van der Waals surface area contributed by atoms with Crippen molar-refractivity contribution in [2.45, 2.75) is 6.54 Å². The minimum absolute atomic E-state index is 0.0814. The van der Waals surface area contributed by atoms with Crippen LogP contribution in [-0.2, 0) is 11.3 Å². The maximum atomic E-state index is 13.3. The summed E-state index contributed by atoms with van der Waals surface area (Å²) in [6.45, 7) is 4.32. The van der Waals surface area contributed by atoms with Crippen LogP contribution in [0.2, 0.25) is 0 Å². The molecule has 3 rings (SSSR count). The molecule has 1 saturated heterocycles. The van der Waals surface area contributed by atoms with Crippen LogP contribution in [0, 0.1) is 5.82 Å². The number of methoxy groups -OCH3 is 2. The average Bonchev–Trinajstić information content (AvgIpc) is 2.70. The summed E-state index contributed by atoms with van der Waals surface area (Å²) >= 11 is 0. The molecule has 2 aromatic rings. The number of hydrogen-bond donors (Lipinski definition) is 1. The van der Waals surface area contributed by atoms with Gasteiger partial charge >= 0.3 is 0 Å². The lowest BCUT2D eigenvalue weighted by molar-refractivity contribution is -0.117. The molecular weight excluding hydrogens is 361 g/mol. The van der Waals surface area contributed by atoms with Crippen molar-refractivity contribution in [3.05, 3.63) is 53.8 Å². The van der Waals surface area contributed by atoms with E-state index in [1.807, 2.05) is 6.07 Å². The van der Waals surface area contributed by atoms with Crippen molar-refractivity contribution in [1.82, 2.24) is 9.80 Å². The average molecular weight is 387 g/mol. The molecule has 0 aromatic heterocycles. The van der Waals surface area contributed by atoms with E-state index in [1.165, 1.54) is 6.07 Å². The number of carbonyl (C=O) groups excluding carboxylic acids is 1. The first-order valence-electron chi connectivity index (χ1n) is 9.28. The Morgan fingerprint density at radius 1 is 1.04 bits per heavy atom. The first kappa shape index (κ1) is 20.1. The minimum atomic E-state index is -0.207. The second kappa shape index (κ2) is 9.52. The molecule has 0 atom stereocenters. The molecule has 0 radical (unpaired) electrons. The fourth-order valence-electron chi connectivity index (χ4n) is 3.29. The molecule has 1 fully saturated rings. The molecule has 7 heteroatoms. The summed E-state index contributed by atoms with van der Waals surface area (Å²) in [6, 6.07) is 12.0. The molecule has 0 aliphatic carbocycles. The first-order chi connectivity index (χ1) is 13.6. The van der Waals surface area contributed by atoms with Crippen LogP contribution in [0.15, 0.2) is 42.5 Å². The number of carbonyl (C=O) groups is 1. The predicted octanol–water partition coefficient (Wildman–Crippen LogP) is 2.60. The molecule has 1 heterocycles. The lowest BCUT2D eigenvalue weighted by atomic mass is 10.2. The molecule has 1 amide bonds. The Morgan fingerprint density at radius 2 is 1.79 bits per heavy atom. The van der Waals surface area contributed by atoms with Crippen molar-refractivity contribution >= 4 is 11.6 Å². The van der Waals surface area contributed by atoms with Crippen molar-refractivity contribution < 1.29 is 18.7 Å². The maximum absolute atomic E-state index is 13.3. The fourth-order valence-corrected chi connectivity index (χ4v) is 3.29. The number of amides is 1. The van der Waals surface area contributed by atoms with E-state index in [9.17, 15) is 9.18 Å². The van der Waals surface area contributed by atoms with Gasteiger partial charge < -0.3 is 14.8 Å². The number of piperazine rings is 1. The van der Waals surface area contributed by atoms with Gasteiger partial charge in [-0.1, -0.05) is 12.1 Å². The van der Waals surface area contributed by atoms with E-state index in [1.54, 1.807) is 44.6 Å². The van der Waals surface area contributed by atoms with Gasteiger partial charge in [-0.25, -0.2) is 4.39 Å². The lowest BCUT2D eigenvalue weighted by Crippen LogP contribution is -2.48. The number of hydrogen-bond acceptors (Lipinski definition) is 5. The van der Waals surface area contributed by atoms with E-state index in [0.717, 1.165) is 38.3 Å². The van der Waals surface area contributed by atoms with Gasteiger partial charge in [0.15, 0.2) is 0 Å². The Balaban J connectivity index is 1.47. The first-order valence-corrected chi connectivity index (χ1v) is 9.28. The van der Waals surface area contributed by atoms with Crippen LogP contribution in [0.4, 0.5) is 10.1 Å². The molecule has 1 N–H and O–H groups in total. The van der Waals surface area contributed by atoms with E-state index in [0.29, 0.717) is 23.7 Å². The van der Waals surface area contributed by atoms with Crippen LogP contribution in [0.5, 0.6) is 11.5 Å². The van der Waals surface area contributed by atoms with Gasteiger partial charge in [0.25, 0.3) is 0 Å². The predicted molar refractivity (Wildman–Crippen MR) is 106 cm³/mol. The van der Waals surface area contributed by atoms with Crippen LogP contribution in [0.3, 0.4) is 0 Å². The number of halogens is 1. The summed E-state index contributed by atoms with van der Waals surface area (Å²) in [5.74, 6) is 0.945. The van der Waals surface area contributed by atoms with Crippen molar-refractivity contribution in [2.24, 2.45) is 0 Å². The number of nitrogens with one attached hydrogen (secondary N) is 1. The zero-order chi connectivity index (χ0) is 19.9. The molecule has 150 valence electrons. The highest BCUT2D eigenvalue weighted by atomic mass is 19.1. The molecule has 0 spiro atoms. The van der Waals surface area contributed by atoms with Gasteiger partial charge in [0, 0.05) is 38.8 Å². The molecule has 0 saturated carbocycles. The van der Waals surface area contributed by atoms with Crippen molar-refractivity contribution in [1.29, 1.82) is 0 Å². The Hall–Kier alpha value is -2.64. The zero-order valence-electron chi connectivity index (χ0n) is 16.3.